The van der Waals surface area contributed by atoms with Gasteiger partial charge in [-0.25, -0.2) is 4.98 Å². The summed E-state index contributed by atoms with van der Waals surface area (Å²) in [5.74, 6) is -0.314. The van der Waals surface area contributed by atoms with Gasteiger partial charge >= 0.3 is 0 Å². The summed E-state index contributed by atoms with van der Waals surface area (Å²) in [7, 11) is 0. The van der Waals surface area contributed by atoms with Crippen LogP contribution in [0.1, 0.15) is 21.6 Å². The molecule has 0 saturated carbocycles. The van der Waals surface area contributed by atoms with Crippen LogP contribution in [0.2, 0.25) is 0 Å². The first-order valence-electron chi connectivity index (χ1n) is 6.59. The Labute approximate surface area is 121 Å². The molecule has 0 saturated heterocycles. The summed E-state index contributed by atoms with van der Waals surface area (Å²) in [6, 6.07) is 8.90. The summed E-state index contributed by atoms with van der Waals surface area (Å²) >= 11 is 0. The van der Waals surface area contributed by atoms with E-state index >= 15 is 0 Å². The average Bonchev–Trinajstić information content (AvgIpc) is 2.86. The van der Waals surface area contributed by atoms with Crippen molar-refractivity contribution in [3.8, 4) is 5.75 Å². The molecular weight excluding hydrogens is 266 g/mol. The van der Waals surface area contributed by atoms with Gasteiger partial charge in [-0.1, -0.05) is 6.07 Å². The minimum atomic E-state index is -0.350. The first-order chi connectivity index (χ1) is 10.0. The van der Waals surface area contributed by atoms with Crippen molar-refractivity contribution in [1.82, 2.24) is 9.38 Å². The zero-order valence-corrected chi connectivity index (χ0v) is 11.8. The van der Waals surface area contributed by atoms with Crippen LogP contribution < -0.4 is 5.32 Å². The molecule has 0 aliphatic heterocycles. The van der Waals surface area contributed by atoms with Crippen LogP contribution >= 0.6 is 0 Å². The Morgan fingerprint density at radius 2 is 1.95 bits per heavy atom. The fraction of sp³-hybridized carbons (Fsp3) is 0.125. The number of rotatable bonds is 2. The van der Waals surface area contributed by atoms with Gasteiger partial charge in [0.1, 0.15) is 17.1 Å². The molecule has 3 rings (SSSR count). The van der Waals surface area contributed by atoms with Crippen LogP contribution in [-0.2, 0) is 0 Å². The third-order valence-electron chi connectivity index (χ3n) is 3.25. The number of nitrogens with one attached hydrogen (secondary N) is 1. The number of aryl methyl sites for hydroxylation is 2. The van der Waals surface area contributed by atoms with Crippen molar-refractivity contribution in [2.75, 3.05) is 5.32 Å². The van der Waals surface area contributed by atoms with Gasteiger partial charge in [0.15, 0.2) is 0 Å². The highest BCUT2D eigenvalue weighted by Crippen LogP contribution is 2.24. The number of carbonyl (C=O) groups excluding carboxylic acids is 1. The van der Waals surface area contributed by atoms with Crippen molar-refractivity contribution in [3.63, 3.8) is 0 Å². The van der Waals surface area contributed by atoms with Crippen LogP contribution in [0, 0.1) is 13.8 Å². The summed E-state index contributed by atoms with van der Waals surface area (Å²) < 4.78 is 1.79. The lowest BCUT2D eigenvalue weighted by atomic mass is 10.2. The number of fused-ring (bicyclic) bond motifs is 1. The second kappa shape index (κ2) is 4.94. The number of pyridine rings is 1. The number of carbonyl (C=O) groups is 1. The number of hydrogen-bond donors (Lipinski definition) is 2. The summed E-state index contributed by atoms with van der Waals surface area (Å²) in [5.41, 5.74) is 3.44. The fourth-order valence-corrected chi connectivity index (χ4v) is 2.13. The van der Waals surface area contributed by atoms with E-state index in [0.29, 0.717) is 17.0 Å². The van der Waals surface area contributed by atoms with Gasteiger partial charge in [-0.2, -0.15) is 0 Å². The molecular formula is C16H15N3O2. The van der Waals surface area contributed by atoms with Gasteiger partial charge in [0, 0.05) is 12.4 Å². The number of hydrogen-bond acceptors (Lipinski definition) is 3. The predicted octanol–water partition coefficient (Wildman–Crippen LogP) is 2.91. The molecule has 3 aromatic rings. The topological polar surface area (TPSA) is 66.6 Å². The number of phenolic OH excluding ortho intramolecular Hbond substituents is 1. The molecule has 2 aromatic heterocycles. The molecule has 0 unspecified atom stereocenters. The number of phenols is 1. The predicted molar refractivity (Wildman–Crippen MR) is 80.7 cm³/mol. The summed E-state index contributed by atoms with van der Waals surface area (Å²) in [6.07, 6.45) is 3.52. The normalized spacial score (nSPS) is 10.8. The Morgan fingerprint density at radius 1 is 1.19 bits per heavy atom. The highest BCUT2D eigenvalue weighted by Gasteiger charge is 2.13. The van der Waals surface area contributed by atoms with Crippen LogP contribution in [0.25, 0.3) is 5.65 Å². The van der Waals surface area contributed by atoms with E-state index in [4.69, 9.17) is 0 Å². The first kappa shape index (κ1) is 13.2. The molecule has 2 N–H and O–H groups in total. The van der Waals surface area contributed by atoms with Crippen molar-refractivity contribution >= 4 is 17.2 Å². The SMILES string of the molecule is Cc1ccc(O)c(NC(=O)c2cn3ccc(C)cc3n2)c1. The van der Waals surface area contributed by atoms with Crippen LogP contribution in [0.3, 0.4) is 0 Å². The first-order valence-corrected chi connectivity index (χ1v) is 6.59. The van der Waals surface area contributed by atoms with Gasteiger partial charge in [-0.3, -0.25) is 4.79 Å². The van der Waals surface area contributed by atoms with Gasteiger partial charge in [0.2, 0.25) is 0 Å². The van der Waals surface area contributed by atoms with Crippen molar-refractivity contribution in [2.24, 2.45) is 0 Å². The second-order valence-electron chi connectivity index (χ2n) is 5.07. The van der Waals surface area contributed by atoms with E-state index in [1.807, 2.05) is 32.2 Å². The highest BCUT2D eigenvalue weighted by molar-refractivity contribution is 6.04. The van der Waals surface area contributed by atoms with E-state index in [-0.39, 0.29) is 11.7 Å². The number of imidazole rings is 1. The molecule has 0 aliphatic rings. The van der Waals surface area contributed by atoms with E-state index in [9.17, 15) is 9.90 Å². The van der Waals surface area contributed by atoms with Crippen LogP contribution in [0.5, 0.6) is 5.75 Å². The standard InChI is InChI=1S/C16H15N3O2/c1-10-3-4-14(20)12(7-10)18-16(21)13-9-19-6-5-11(2)8-15(19)17-13/h3-9,20H,1-2H3,(H,18,21). The summed E-state index contributed by atoms with van der Waals surface area (Å²) in [4.78, 5) is 16.5. The summed E-state index contributed by atoms with van der Waals surface area (Å²) in [5, 5.41) is 12.4. The van der Waals surface area contributed by atoms with Crippen molar-refractivity contribution in [2.45, 2.75) is 13.8 Å². The van der Waals surface area contributed by atoms with Gasteiger partial charge in [-0.05, 0) is 49.2 Å². The lowest BCUT2D eigenvalue weighted by Gasteiger charge is -2.06. The molecule has 5 nitrogen and oxygen atoms in total. The molecule has 0 bridgehead atoms. The Balaban J connectivity index is 1.91. The maximum Gasteiger partial charge on any atom is 0.275 e. The van der Waals surface area contributed by atoms with Gasteiger partial charge in [0.25, 0.3) is 5.91 Å². The van der Waals surface area contributed by atoms with E-state index in [2.05, 4.69) is 10.3 Å². The fourth-order valence-electron chi connectivity index (χ4n) is 2.13. The monoisotopic (exact) mass is 281 g/mol. The van der Waals surface area contributed by atoms with E-state index in [0.717, 1.165) is 11.1 Å². The van der Waals surface area contributed by atoms with Crippen LogP contribution in [0.4, 0.5) is 5.69 Å². The average molecular weight is 281 g/mol. The number of aromatic nitrogens is 2. The molecule has 1 aromatic carbocycles. The molecule has 0 radical (unpaired) electrons. The van der Waals surface area contributed by atoms with Crippen LogP contribution in [0.15, 0.2) is 42.7 Å². The summed E-state index contributed by atoms with van der Waals surface area (Å²) in [6.45, 7) is 3.86. The minimum absolute atomic E-state index is 0.0357. The van der Waals surface area contributed by atoms with Crippen molar-refractivity contribution in [3.05, 3.63) is 59.5 Å². The third-order valence-corrected chi connectivity index (χ3v) is 3.25. The molecule has 0 aliphatic carbocycles. The molecule has 1 amide bonds. The zero-order chi connectivity index (χ0) is 15.0. The molecule has 106 valence electrons. The van der Waals surface area contributed by atoms with Crippen molar-refractivity contribution < 1.29 is 9.90 Å². The van der Waals surface area contributed by atoms with Crippen LogP contribution in [-0.4, -0.2) is 20.4 Å². The third kappa shape index (κ3) is 2.58. The Hall–Kier alpha value is -2.82. The molecule has 0 atom stereocenters. The largest absolute Gasteiger partial charge is 0.506 e. The zero-order valence-electron chi connectivity index (χ0n) is 11.8. The molecule has 2 heterocycles. The van der Waals surface area contributed by atoms with E-state index in [1.54, 1.807) is 28.8 Å². The lowest BCUT2D eigenvalue weighted by Crippen LogP contribution is -2.12. The van der Waals surface area contributed by atoms with E-state index in [1.165, 1.54) is 0 Å². The Kier molecular flexibility index (Phi) is 3.10. The number of aromatic hydroxyl groups is 1. The van der Waals surface area contributed by atoms with Gasteiger partial charge < -0.3 is 14.8 Å². The minimum Gasteiger partial charge on any atom is -0.506 e. The van der Waals surface area contributed by atoms with Crippen molar-refractivity contribution in [1.29, 1.82) is 0 Å². The van der Waals surface area contributed by atoms with Gasteiger partial charge in [-0.15, -0.1) is 0 Å². The molecule has 0 spiro atoms. The molecule has 0 fully saturated rings. The number of nitrogens with zero attached hydrogens (tertiary/aromatic N) is 2. The number of benzene rings is 1. The maximum atomic E-state index is 12.2. The number of amides is 1. The molecule has 5 heteroatoms. The quantitative estimate of drug-likeness (QED) is 0.710. The smallest absolute Gasteiger partial charge is 0.275 e. The second-order valence-corrected chi connectivity index (χ2v) is 5.07. The maximum absolute atomic E-state index is 12.2. The Bertz CT molecular complexity index is 837. The number of anilines is 1. The molecule has 21 heavy (non-hydrogen) atoms. The van der Waals surface area contributed by atoms with Gasteiger partial charge in [0.05, 0.1) is 5.69 Å². The lowest BCUT2D eigenvalue weighted by molar-refractivity contribution is 0.102. The highest BCUT2D eigenvalue weighted by atomic mass is 16.3. The Morgan fingerprint density at radius 3 is 2.76 bits per heavy atom. The van der Waals surface area contributed by atoms with E-state index < -0.39 is 0 Å².